The molecule has 6 rings (SSSR count). The highest BCUT2D eigenvalue weighted by Crippen LogP contribution is 2.55. The summed E-state index contributed by atoms with van der Waals surface area (Å²) in [4.78, 5) is 45.0. The van der Waals surface area contributed by atoms with E-state index in [1.54, 1.807) is 24.1 Å². The number of hydrogen-bond acceptors (Lipinski definition) is 5. The minimum atomic E-state index is -1.06. The van der Waals surface area contributed by atoms with Crippen LogP contribution in [0.4, 0.5) is 0 Å². The number of carbonyl (C=O) groups is 3. The van der Waals surface area contributed by atoms with Crippen LogP contribution in [0.15, 0.2) is 18.2 Å². The molecule has 4 bridgehead atoms. The lowest BCUT2D eigenvalue weighted by Gasteiger charge is -2.57. The Balaban J connectivity index is 1.88. The van der Waals surface area contributed by atoms with Gasteiger partial charge in [-0.3, -0.25) is 14.4 Å². The van der Waals surface area contributed by atoms with Crippen molar-refractivity contribution < 1.29 is 23.9 Å². The Kier molecular flexibility index (Phi) is 3.82. The molecule has 152 valence electrons. The van der Waals surface area contributed by atoms with E-state index in [0.717, 1.165) is 12.8 Å². The molecule has 7 nitrogen and oxygen atoms in total. The molecule has 2 saturated heterocycles. The van der Waals surface area contributed by atoms with Crippen molar-refractivity contribution in [2.45, 2.75) is 37.6 Å². The molecule has 3 fully saturated rings. The van der Waals surface area contributed by atoms with Crippen LogP contribution in [0, 0.1) is 11.8 Å². The van der Waals surface area contributed by atoms with Crippen molar-refractivity contribution in [3.63, 3.8) is 0 Å². The van der Waals surface area contributed by atoms with E-state index in [1.165, 1.54) is 7.11 Å². The van der Waals surface area contributed by atoms with Crippen LogP contribution in [0.2, 0.25) is 0 Å². The summed E-state index contributed by atoms with van der Waals surface area (Å²) in [5, 5.41) is 0.610. The topological polar surface area (TPSA) is 88.7 Å². The molecule has 0 radical (unpaired) electrons. The molecule has 1 amide bonds. The second-order valence-electron chi connectivity index (χ2n) is 8.46. The standard InChI is InChI=1S/C22H24N2O5/c1-4-12-7-11-9-22(21(27)29-3)18-16(17(25)20(26)24(10-11)19(12)22)14-8-13(28-2)5-6-15(14)23-18/h5-6,8,11-12,19,23H,4,7,9-10H2,1-3H3/t11-,12+,19+,22-/m1/s1. The number of piperidine rings is 2. The Hall–Kier alpha value is -2.83. The van der Waals surface area contributed by atoms with Gasteiger partial charge in [0, 0.05) is 23.1 Å². The van der Waals surface area contributed by atoms with Crippen LogP contribution in [0.5, 0.6) is 5.75 Å². The smallest absolute Gasteiger partial charge is 0.319 e. The van der Waals surface area contributed by atoms with E-state index >= 15 is 0 Å². The first-order valence-corrected chi connectivity index (χ1v) is 10.1. The highest BCUT2D eigenvalue weighted by molar-refractivity contribution is 6.46. The molecular weight excluding hydrogens is 372 g/mol. The third-order valence-electron chi connectivity index (χ3n) is 7.20. The molecule has 1 aromatic carbocycles. The van der Waals surface area contributed by atoms with Crippen LogP contribution in [0.3, 0.4) is 0 Å². The average molecular weight is 396 g/mol. The zero-order valence-electron chi connectivity index (χ0n) is 16.8. The number of esters is 1. The molecule has 0 unspecified atom stereocenters. The quantitative estimate of drug-likeness (QED) is 0.636. The number of carbonyl (C=O) groups excluding carboxylic acids is 3. The van der Waals surface area contributed by atoms with Crippen molar-refractivity contribution in [1.29, 1.82) is 0 Å². The third-order valence-corrected chi connectivity index (χ3v) is 7.20. The zero-order valence-corrected chi connectivity index (χ0v) is 16.8. The molecule has 4 aliphatic rings. The molecular formula is C22H24N2O5. The lowest BCUT2D eigenvalue weighted by molar-refractivity contribution is -0.166. The number of aromatic nitrogens is 1. The van der Waals surface area contributed by atoms with Gasteiger partial charge in [-0.1, -0.05) is 13.3 Å². The van der Waals surface area contributed by atoms with Gasteiger partial charge in [-0.25, -0.2) is 0 Å². The number of nitrogens with one attached hydrogen (secondary N) is 1. The van der Waals surface area contributed by atoms with E-state index in [9.17, 15) is 14.4 Å². The third kappa shape index (κ3) is 2.16. The van der Waals surface area contributed by atoms with Crippen LogP contribution < -0.4 is 4.74 Å². The molecule has 4 atom stereocenters. The monoisotopic (exact) mass is 396 g/mol. The first-order valence-electron chi connectivity index (χ1n) is 10.1. The normalized spacial score (nSPS) is 30.3. The van der Waals surface area contributed by atoms with E-state index in [1.807, 2.05) is 6.07 Å². The summed E-state index contributed by atoms with van der Waals surface area (Å²) < 4.78 is 10.6. The number of aromatic amines is 1. The second-order valence-corrected chi connectivity index (χ2v) is 8.46. The second kappa shape index (κ2) is 6.08. The summed E-state index contributed by atoms with van der Waals surface area (Å²) >= 11 is 0. The summed E-state index contributed by atoms with van der Waals surface area (Å²) in [5.41, 5.74) is 0.476. The number of Topliss-reactive ketones (excluding diaryl/α,β-unsaturated/α-hetero) is 1. The highest BCUT2D eigenvalue weighted by atomic mass is 16.5. The molecule has 4 heterocycles. The summed E-state index contributed by atoms with van der Waals surface area (Å²) in [6, 6.07) is 4.99. The van der Waals surface area contributed by atoms with Gasteiger partial charge in [0.05, 0.1) is 25.8 Å². The van der Waals surface area contributed by atoms with Crippen molar-refractivity contribution in [2.75, 3.05) is 20.8 Å². The lowest BCUT2D eigenvalue weighted by atomic mass is 9.56. The van der Waals surface area contributed by atoms with Crippen molar-refractivity contribution in [2.24, 2.45) is 11.8 Å². The van der Waals surface area contributed by atoms with Crippen molar-refractivity contribution in [1.82, 2.24) is 9.88 Å². The largest absolute Gasteiger partial charge is 0.497 e. The predicted molar refractivity (Wildman–Crippen MR) is 105 cm³/mol. The van der Waals surface area contributed by atoms with E-state index in [0.29, 0.717) is 40.9 Å². The number of methoxy groups -OCH3 is 2. The summed E-state index contributed by atoms with van der Waals surface area (Å²) in [7, 11) is 2.93. The average Bonchev–Trinajstić information content (AvgIpc) is 3.13. The number of H-pyrrole nitrogens is 1. The Morgan fingerprint density at radius 2 is 2.10 bits per heavy atom. The summed E-state index contributed by atoms with van der Waals surface area (Å²) in [6.45, 7) is 2.60. The molecule has 3 aliphatic heterocycles. The fourth-order valence-electron chi connectivity index (χ4n) is 6.11. The highest BCUT2D eigenvalue weighted by Gasteiger charge is 2.65. The van der Waals surface area contributed by atoms with Crippen LogP contribution in [0.1, 0.15) is 42.2 Å². The molecule has 2 aromatic rings. The fraction of sp³-hybridized carbons (Fsp3) is 0.500. The minimum absolute atomic E-state index is 0.144. The number of nitrogens with zero attached hydrogens (tertiary/aromatic N) is 1. The lowest BCUT2D eigenvalue weighted by Crippen LogP contribution is -2.68. The Morgan fingerprint density at radius 3 is 2.79 bits per heavy atom. The minimum Gasteiger partial charge on any atom is -0.497 e. The molecule has 29 heavy (non-hydrogen) atoms. The molecule has 1 aromatic heterocycles. The molecule has 0 spiro atoms. The van der Waals surface area contributed by atoms with Crippen LogP contribution in [0.25, 0.3) is 10.9 Å². The van der Waals surface area contributed by atoms with Crippen molar-refractivity contribution in [3.05, 3.63) is 29.5 Å². The Bertz CT molecular complexity index is 1060. The molecule has 1 N–H and O–H groups in total. The SMILES string of the molecule is CC[C@H]1C[C@H]2CN3C(=O)C(=O)c4c([nH]c5ccc(OC)cc45)[C@](C(=O)OC)(C2)[C@H]13. The van der Waals surface area contributed by atoms with Crippen LogP contribution in [-0.4, -0.2) is 54.3 Å². The number of benzene rings is 1. The number of ether oxygens (including phenoxy) is 2. The van der Waals surface area contributed by atoms with Crippen LogP contribution >= 0.6 is 0 Å². The maximum Gasteiger partial charge on any atom is 0.319 e. The number of ketones is 1. The summed E-state index contributed by atoms with van der Waals surface area (Å²) in [6.07, 6.45) is 2.37. The first-order chi connectivity index (χ1) is 14.0. The van der Waals surface area contributed by atoms with Gasteiger partial charge in [0.15, 0.2) is 0 Å². The zero-order chi connectivity index (χ0) is 20.5. The maximum atomic E-state index is 13.4. The number of rotatable bonds is 3. The number of fused-ring (bicyclic) bond motifs is 4. The maximum absolute atomic E-state index is 13.4. The van der Waals surface area contributed by atoms with E-state index in [2.05, 4.69) is 11.9 Å². The van der Waals surface area contributed by atoms with Crippen molar-refractivity contribution >= 4 is 28.6 Å². The molecule has 1 saturated carbocycles. The van der Waals surface area contributed by atoms with Gasteiger partial charge in [-0.15, -0.1) is 0 Å². The van der Waals surface area contributed by atoms with Gasteiger partial charge in [0.1, 0.15) is 11.2 Å². The fourth-order valence-corrected chi connectivity index (χ4v) is 6.11. The van der Waals surface area contributed by atoms with Gasteiger partial charge < -0.3 is 19.4 Å². The first kappa shape index (κ1) is 18.2. The van der Waals surface area contributed by atoms with Gasteiger partial charge in [0.25, 0.3) is 11.7 Å². The number of hydrogen-bond donors (Lipinski definition) is 1. The van der Waals surface area contributed by atoms with Gasteiger partial charge in [-0.2, -0.15) is 0 Å². The van der Waals surface area contributed by atoms with Gasteiger partial charge in [-0.05, 0) is 42.9 Å². The van der Waals surface area contributed by atoms with E-state index < -0.39 is 17.1 Å². The molecule has 7 heteroatoms. The molecule has 1 aliphatic carbocycles. The van der Waals surface area contributed by atoms with E-state index in [4.69, 9.17) is 9.47 Å². The van der Waals surface area contributed by atoms with E-state index in [-0.39, 0.29) is 23.8 Å². The van der Waals surface area contributed by atoms with Gasteiger partial charge in [0.2, 0.25) is 0 Å². The Morgan fingerprint density at radius 1 is 1.31 bits per heavy atom. The van der Waals surface area contributed by atoms with Crippen LogP contribution in [-0.2, 0) is 19.7 Å². The number of amides is 1. The Labute approximate surface area is 168 Å². The van der Waals surface area contributed by atoms with Crippen molar-refractivity contribution in [3.8, 4) is 5.75 Å². The predicted octanol–water partition coefficient (Wildman–Crippen LogP) is 2.43. The van der Waals surface area contributed by atoms with Gasteiger partial charge >= 0.3 is 5.97 Å². The summed E-state index contributed by atoms with van der Waals surface area (Å²) in [5.74, 6) is -0.566.